The van der Waals surface area contributed by atoms with Gasteiger partial charge in [0.25, 0.3) is 0 Å². The molecule has 1 aromatic rings. The Balaban J connectivity index is 2.23. The monoisotopic (exact) mass is 255 g/mol. The Labute approximate surface area is 102 Å². The molecule has 0 bridgehead atoms. The van der Waals surface area contributed by atoms with Crippen LogP contribution in [0.3, 0.4) is 0 Å². The number of hydrogen-bond acceptors (Lipinski definition) is 3. The van der Waals surface area contributed by atoms with E-state index in [1.165, 1.54) is 28.6 Å². The molecular formula is C12H17NO3S. The molecule has 1 aliphatic rings. The number of nitrogens with zero attached hydrogens (tertiary/aromatic N) is 1. The van der Waals surface area contributed by atoms with Gasteiger partial charge in [-0.25, -0.2) is 8.42 Å². The molecule has 0 heterocycles. The number of benzene rings is 1. The van der Waals surface area contributed by atoms with Crippen LogP contribution in [0.2, 0.25) is 0 Å². The summed E-state index contributed by atoms with van der Waals surface area (Å²) >= 11 is 0. The Morgan fingerprint density at radius 2 is 1.88 bits per heavy atom. The topological polar surface area (TPSA) is 57.6 Å². The van der Waals surface area contributed by atoms with Crippen molar-refractivity contribution in [3.63, 3.8) is 0 Å². The van der Waals surface area contributed by atoms with Crippen LogP contribution >= 0.6 is 0 Å². The van der Waals surface area contributed by atoms with Crippen molar-refractivity contribution in [1.29, 1.82) is 0 Å². The molecule has 0 aliphatic heterocycles. The van der Waals surface area contributed by atoms with Gasteiger partial charge in [-0.1, -0.05) is 6.92 Å². The second-order valence-corrected chi connectivity index (χ2v) is 6.33. The first kappa shape index (κ1) is 12.4. The molecule has 5 heteroatoms. The summed E-state index contributed by atoms with van der Waals surface area (Å²) in [6.45, 7) is 2.94. The van der Waals surface area contributed by atoms with Crippen LogP contribution in [0.25, 0.3) is 0 Å². The number of phenolic OH excluding ortho intramolecular Hbond substituents is 1. The first-order valence-electron chi connectivity index (χ1n) is 5.83. The molecule has 0 atom stereocenters. The van der Waals surface area contributed by atoms with Gasteiger partial charge in [0.2, 0.25) is 10.0 Å². The summed E-state index contributed by atoms with van der Waals surface area (Å²) < 4.78 is 26.1. The van der Waals surface area contributed by atoms with E-state index in [1.807, 2.05) is 6.92 Å². The molecule has 2 rings (SSSR count). The third kappa shape index (κ3) is 2.79. The minimum Gasteiger partial charge on any atom is -0.508 e. The summed E-state index contributed by atoms with van der Waals surface area (Å²) in [6.07, 6.45) is 2.25. The van der Waals surface area contributed by atoms with E-state index in [2.05, 4.69) is 0 Å². The molecule has 0 amide bonds. The predicted molar refractivity (Wildman–Crippen MR) is 65.3 cm³/mol. The molecule has 0 aromatic heterocycles. The van der Waals surface area contributed by atoms with Crippen LogP contribution < -0.4 is 0 Å². The summed E-state index contributed by atoms with van der Waals surface area (Å²) in [5.41, 5.74) is 0. The van der Waals surface area contributed by atoms with E-state index in [0.717, 1.165) is 12.8 Å². The highest BCUT2D eigenvalue weighted by molar-refractivity contribution is 7.89. The van der Waals surface area contributed by atoms with E-state index in [0.29, 0.717) is 19.0 Å². The number of rotatable bonds is 5. The quantitative estimate of drug-likeness (QED) is 0.873. The van der Waals surface area contributed by atoms with Crippen molar-refractivity contribution < 1.29 is 13.5 Å². The van der Waals surface area contributed by atoms with E-state index in [9.17, 15) is 8.42 Å². The van der Waals surface area contributed by atoms with E-state index in [-0.39, 0.29) is 10.6 Å². The fourth-order valence-corrected chi connectivity index (χ4v) is 3.28. The fourth-order valence-electron chi connectivity index (χ4n) is 1.75. The number of aromatic hydroxyl groups is 1. The summed E-state index contributed by atoms with van der Waals surface area (Å²) in [5, 5.41) is 9.17. The molecule has 17 heavy (non-hydrogen) atoms. The third-order valence-corrected chi connectivity index (χ3v) is 4.94. The normalized spacial score (nSPS) is 16.4. The molecule has 1 N–H and O–H groups in total. The van der Waals surface area contributed by atoms with Crippen molar-refractivity contribution in [2.24, 2.45) is 5.92 Å². The molecule has 1 aromatic carbocycles. The molecule has 0 spiro atoms. The fraction of sp³-hybridized carbons (Fsp3) is 0.500. The zero-order valence-electron chi connectivity index (χ0n) is 9.83. The van der Waals surface area contributed by atoms with Crippen LogP contribution in [0.4, 0.5) is 0 Å². The van der Waals surface area contributed by atoms with Gasteiger partial charge < -0.3 is 5.11 Å². The molecule has 4 nitrogen and oxygen atoms in total. The molecule has 94 valence electrons. The summed E-state index contributed by atoms with van der Waals surface area (Å²) in [7, 11) is -3.40. The van der Waals surface area contributed by atoms with Gasteiger partial charge in [-0.15, -0.1) is 0 Å². The first-order valence-corrected chi connectivity index (χ1v) is 7.27. The zero-order chi connectivity index (χ0) is 12.5. The lowest BCUT2D eigenvalue weighted by molar-refractivity contribution is 0.412. The molecular weight excluding hydrogens is 238 g/mol. The van der Waals surface area contributed by atoms with Crippen LogP contribution in [0.15, 0.2) is 29.2 Å². The lowest BCUT2D eigenvalue weighted by atomic mass is 10.3. The molecule has 0 unspecified atom stereocenters. The smallest absolute Gasteiger partial charge is 0.243 e. The van der Waals surface area contributed by atoms with E-state index >= 15 is 0 Å². The van der Waals surface area contributed by atoms with Gasteiger partial charge in [0.05, 0.1) is 4.90 Å². The van der Waals surface area contributed by atoms with E-state index < -0.39 is 10.0 Å². The largest absolute Gasteiger partial charge is 0.508 e. The van der Waals surface area contributed by atoms with Gasteiger partial charge in [0, 0.05) is 13.1 Å². The lowest BCUT2D eigenvalue weighted by Gasteiger charge is -2.20. The summed E-state index contributed by atoms with van der Waals surface area (Å²) in [5.74, 6) is 0.607. The highest BCUT2D eigenvalue weighted by Gasteiger charge is 2.30. The van der Waals surface area contributed by atoms with Gasteiger partial charge in [0.1, 0.15) is 5.75 Å². The zero-order valence-corrected chi connectivity index (χ0v) is 10.7. The van der Waals surface area contributed by atoms with Crippen molar-refractivity contribution in [3.8, 4) is 5.75 Å². The Hall–Kier alpha value is -1.07. The standard InChI is InChI=1S/C12H17NO3S/c1-2-13(9-10-3-4-10)17(15,16)12-7-5-11(14)6-8-12/h5-8,10,14H,2-4,9H2,1H3. The number of phenols is 1. The Morgan fingerprint density at radius 3 is 2.35 bits per heavy atom. The maximum Gasteiger partial charge on any atom is 0.243 e. The Bertz CT molecular complexity index is 477. The molecule has 1 saturated carbocycles. The van der Waals surface area contributed by atoms with Gasteiger partial charge in [-0.05, 0) is 43.0 Å². The maximum atomic E-state index is 12.3. The minimum atomic E-state index is -3.40. The Kier molecular flexibility index (Phi) is 3.40. The SMILES string of the molecule is CCN(CC1CC1)S(=O)(=O)c1ccc(O)cc1. The van der Waals surface area contributed by atoms with Crippen LogP contribution in [-0.2, 0) is 10.0 Å². The second kappa shape index (κ2) is 4.66. The van der Waals surface area contributed by atoms with Crippen molar-refractivity contribution in [2.75, 3.05) is 13.1 Å². The van der Waals surface area contributed by atoms with Crippen molar-refractivity contribution in [1.82, 2.24) is 4.31 Å². The maximum absolute atomic E-state index is 12.3. The van der Waals surface area contributed by atoms with Crippen molar-refractivity contribution in [2.45, 2.75) is 24.7 Å². The van der Waals surface area contributed by atoms with Crippen molar-refractivity contribution in [3.05, 3.63) is 24.3 Å². The molecule has 1 fully saturated rings. The average molecular weight is 255 g/mol. The van der Waals surface area contributed by atoms with Crippen LogP contribution in [0, 0.1) is 5.92 Å². The number of hydrogen-bond donors (Lipinski definition) is 1. The first-order chi connectivity index (χ1) is 8.04. The number of sulfonamides is 1. The molecule has 0 saturated heterocycles. The third-order valence-electron chi connectivity index (χ3n) is 2.99. The van der Waals surface area contributed by atoms with Crippen molar-refractivity contribution >= 4 is 10.0 Å². The minimum absolute atomic E-state index is 0.0780. The highest BCUT2D eigenvalue weighted by atomic mass is 32.2. The van der Waals surface area contributed by atoms with Gasteiger partial charge in [-0.3, -0.25) is 0 Å². The second-order valence-electron chi connectivity index (χ2n) is 4.39. The van der Waals surface area contributed by atoms with Crippen LogP contribution in [0.5, 0.6) is 5.75 Å². The van der Waals surface area contributed by atoms with E-state index in [1.54, 1.807) is 0 Å². The summed E-state index contributed by atoms with van der Waals surface area (Å²) in [6, 6.07) is 5.69. The van der Waals surface area contributed by atoms with E-state index in [4.69, 9.17) is 5.11 Å². The van der Waals surface area contributed by atoms with Gasteiger partial charge >= 0.3 is 0 Å². The average Bonchev–Trinajstić information content (AvgIpc) is 3.10. The summed E-state index contributed by atoms with van der Waals surface area (Å²) in [4.78, 5) is 0.248. The van der Waals surface area contributed by atoms with Gasteiger partial charge in [0.15, 0.2) is 0 Å². The predicted octanol–water partition coefficient (Wildman–Crippen LogP) is 1.81. The van der Waals surface area contributed by atoms with Gasteiger partial charge in [-0.2, -0.15) is 4.31 Å². The highest BCUT2D eigenvalue weighted by Crippen LogP contribution is 2.31. The Morgan fingerprint density at radius 1 is 1.29 bits per heavy atom. The molecule has 1 aliphatic carbocycles. The van der Waals surface area contributed by atoms with Crippen LogP contribution in [-0.4, -0.2) is 30.9 Å². The molecule has 0 radical (unpaired) electrons. The van der Waals surface area contributed by atoms with Crippen LogP contribution in [0.1, 0.15) is 19.8 Å². The lowest BCUT2D eigenvalue weighted by Crippen LogP contribution is -2.32.